The number of piperidine rings is 1. The topological polar surface area (TPSA) is 41.1 Å². The Labute approximate surface area is 118 Å². The van der Waals surface area contributed by atoms with Crippen LogP contribution in [0.3, 0.4) is 0 Å². The summed E-state index contributed by atoms with van der Waals surface area (Å²) >= 11 is 0. The van der Waals surface area contributed by atoms with Gasteiger partial charge in [-0.05, 0) is 50.5 Å². The first-order valence-electron chi connectivity index (χ1n) is 7.48. The Morgan fingerprint density at radius 2 is 1.84 bits per heavy atom. The molecule has 0 aromatic heterocycles. The summed E-state index contributed by atoms with van der Waals surface area (Å²) in [5.41, 5.74) is 0.0942. The first-order valence-corrected chi connectivity index (χ1v) is 7.48. The van der Waals surface area contributed by atoms with Crippen molar-refractivity contribution in [3.8, 4) is 0 Å². The first kappa shape index (κ1) is 16.5. The van der Waals surface area contributed by atoms with E-state index in [0.717, 1.165) is 25.8 Å². The van der Waals surface area contributed by atoms with Crippen molar-refractivity contribution in [2.24, 2.45) is 10.8 Å². The van der Waals surface area contributed by atoms with E-state index < -0.39 is 0 Å². The van der Waals surface area contributed by atoms with E-state index in [4.69, 9.17) is 0 Å². The molecule has 112 valence electrons. The number of carbonyl (C=O) groups is 1. The largest absolute Gasteiger partial charge is 0.350 e. The molecule has 1 amide bonds. The van der Waals surface area contributed by atoms with Crippen molar-refractivity contribution in [2.75, 3.05) is 6.54 Å². The Balaban J connectivity index is 2.68. The highest BCUT2D eigenvalue weighted by molar-refractivity contribution is 5.83. The summed E-state index contributed by atoms with van der Waals surface area (Å²) in [6.45, 7) is 16.2. The zero-order valence-corrected chi connectivity index (χ0v) is 13.8. The van der Waals surface area contributed by atoms with Gasteiger partial charge in [-0.1, -0.05) is 34.6 Å². The van der Waals surface area contributed by atoms with E-state index in [-0.39, 0.29) is 28.3 Å². The molecule has 1 fully saturated rings. The minimum atomic E-state index is -0.162. The second kappa shape index (κ2) is 5.43. The number of hydrogen-bond acceptors (Lipinski definition) is 2. The average Bonchev–Trinajstić information content (AvgIpc) is 2.11. The summed E-state index contributed by atoms with van der Waals surface area (Å²) < 4.78 is 0. The second-order valence-electron chi connectivity index (χ2n) is 8.59. The molecule has 1 heterocycles. The van der Waals surface area contributed by atoms with Gasteiger partial charge in [0.2, 0.25) is 5.91 Å². The smallest absolute Gasteiger partial charge is 0.238 e. The molecular formula is C16H32N2O. The molecule has 1 atom stereocenters. The Kier molecular flexibility index (Phi) is 4.71. The van der Waals surface area contributed by atoms with E-state index in [1.54, 1.807) is 0 Å². The lowest BCUT2D eigenvalue weighted by Crippen LogP contribution is -2.59. The van der Waals surface area contributed by atoms with Gasteiger partial charge in [0.15, 0.2) is 0 Å². The van der Waals surface area contributed by atoms with Crippen molar-refractivity contribution in [1.82, 2.24) is 10.6 Å². The molecule has 3 heteroatoms. The molecule has 0 saturated carbocycles. The average molecular weight is 268 g/mol. The Bertz CT molecular complexity index is 326. The van der Waals surface area contributed by atoms with Crippen LogP contribution in [0.4, 0.5) is 0 Å². The molecule has 0 radical (unpaired) electrons. The second-order valence-corrected chi connectivity index (χ2v) is 8.59. The molecule has 1 unspecified atom stereocenters. The molecule has 2 N–H and O–H groups in total. The minimum absolute atomic E-state index is 0.0418. The molecule has 0 aliphatic carbocycles. The molecule has 19 heavy (non-hydrogen) atoms. The van der Waals surface area contributed by atoms with Crippen LogP contribution in [0, 0.1) is 10.8 Å². The van der Waals surface area contributed by atoms with Crippen LogP contribution in [0.15, 0.2) is 0 Å². The van der Waals surface area contributed by atoms with Gasteiger partial charge in [-0.2, -0.15) is 0 Å². The fourth-order valence-electron chi connectivity index (χ4n) is 3.43. The molecule has 0 aromatic carbocycles. The van der Waals surface area contributed by atoms with E-state index in [0.29, 0.717) is 0 Å². The highest BCUT2D eigenvalue weighted by atomic mass is 16.2. The third-order valence-electron chi connectivity index (χ3n) is 3.82. The molecular weight excluding hydrogens is 236 g/mol. The van der Waals surface area contributed by atoms with Gasteiger partial charge in [0.1, 0.15) is 0 Å². The van der Waals surface area contributed by atoms with Crippen molar-refractivity contribution < 1.29 is 4.79 Å². The summed E-state index contributed by atoms with van der Waals surface area (Å²) in [7, 11) is 0. The van der Waals surface area contributed by atoms with Gasteiger partial charge < -0.3 is 10.6 Å². The number of nitrogens with one attached hydrogen (secondary N) is 2. The third-order valence-corrected chi connectivity index (χ3v) is 3.82. The van der Waals surface area contributed by atoms with Crippen LogP contribution in [-0.4, -0.2) is 24.0 Å². The van der Waals surface area contributed by atoms with E-state index in [2.05, 4.69) is 59.1 Å². The molecule has 1 saturated heterocycles. The fraction of sp³-hybridized carbons (Fsp3) is 0.938. The van der Waals surface area contributed by atoms with Crippen LogP contribution in [0.25, 0.3) is 0 Å². The zero-order chi connectivity index (χ0) is 14.9. The van der Waals surface area contributed by atoms with Crippen molar-refractivity contribution in [2.45, 2.75) is 79.3 Å². The lowest BCUT2D eigenvalue weighted by molar-refractivity contribution is -0.128. The van der Waals surface area contributed by atoms with Crippen LogP contribution in [0.5, 0.6) is 0 Å². The van der Waals surface area contributed by atoms with Crippen molar-refractivity contribution in [1.29, 1.82) is 0 Å². The van der Waals surface area contributed by atoms with Crippen LogP contribution < -0.4 is 10.6 Å². The summed E-state index contributed by atoms with van der Waals surface area (Å²) in [4.78, 5) is 12.5. The van der Waals surface area contributed by atoms with Gasteiger partial charge in [-0.15, -0.1) is 0 Å². The predicted molar refractivity (Wildman–Crippen MR) is 81.1 cm³/mol. The van der Waals surface area contributed by atoms with Gasteiger partial charge in [-0.25, -0.2) is 0 Å². The number of rotatable bonds is 3. The highest BCUT2D eigenvalue weighted by Gasteiger charge is 2.39. The van der Waals surface area contributed by atoms with E-state index in [1.165, 1.54) is 0 Å². The normalized spacial score (nSPS) is 24.1. The first-order chi connectivity index (χ1) is 8.43. The lowest BCUT2D eigenvalue weighted by Gasteiger charge is -2.41. The Hall–Kier alpha value is -0.570. The number of carbonyl (C=O) groups excluding carboxylic acids is 1. The van der Waals surface area contributed by atoms with Crippen LogP contribution in [0.1, 0.15) is 67.7 Å². The third kappa shape index (κ3) is 5.13. The SMILES string of the molecule is CC(C)(C)CC(C)(C)NC(=O)C1NCCCC1(C)C. The van der Waals surface area contributed by atoms with Crippen molar-refractivity contribution in [3.05, 3.63) is 0 Å². The standard InChI is InChI=1S/C16H32N2O/c1-14(2,3)11-16(6,7)18-13(19)12-15(4,5)9-8-10-17-12/h12,17H,8-11H2,1-7H3,(H,18,19). The summed E-state index contributed by atoms with van der Waals surface area (Å²) in [6, 6.07) is -0.0690. The van der Waals surface area contributed by atoms with E-state index in [1.807, 2.05) is 0 Å². The summed E-state index contributed by atoms with van der Waals surface area (Å²) in [6.07, 6.45) is 3.23. The number of amides is 1. The fourth-order valence-corrected chi connectivity index (χ4v) is 3.43. The summed E-state index contributed by atoms with van der Waals surface area (Å²) in [5.74, 6) is 0.152. The van der Waals surface area contributed by atoms with E-state index >= 15 is 0 Å². The molecule has 0 bridgehead atoms. The number of hydrogen-bond donors (Lipinski definition) is 2. The van der Waals surface area contributed by atoms with Crippen LogP contribution >= 0.6 is 0 Å². The van der Waals surface area contributed by atoms with Gasteiger partial charge >= 0.3 is 0 Å². The van der Waals surface area contributed by atoms with Gasteiger partial charge in [0.05, 0.1) is 6.04 Å². The Morgan fingerprint density at radius 3 is 2.32 bits per heavy atom. The van der Waals surface area contributed by atoms with Gasteiger partial charge in [0.25, 0.3) is 0 Å². The van der Waals surface area contributed by atoms with Crippen molar-refractivity contribution in [3.63, 3.8) is 0 Å². The maximum absolute atomic E-state index is 12.5. The molecule has 0 aromatic rings. The van der Waals surface area contributed by atoms with Gasteiger partial charge in [0, 0.05) is 5.54 Å². The monoisotopic (exact) mass is 268 g/mol. The van der Waals surface area contributed by atoms with Gasteiger partial charge in [-0.3, -0.25) is 4.79 Å². The summed E-state index contributed by atoms with van der Waals surface area (Å²) in [5, 5.41) is 6.62. The lowest BCUT2D eigenvalue weighted by atomic mass is 9.76. The quantitative estimate of drug-likeness (QED) is 0.826. The predicted octanol–water partition coefficient (Wildman–Crippen LogP) is 3.10. The maximum atomic E-state index is 12.5. The molecule has 1 rings (SSSR count). The van der Waals surface area contributed by atoms with Crippen molar-refractivity contribution >= 4 is 5.91 Å². The molecule has 1 aliphatic heterocycles. The Morgan fingerprint density at radius 1 is 1.26 bits per heavy atom. The van der Waals surface area contributed by atoms with Crippen LogP contribution in [-0.2, 0) is 4.79 Å². The van der Waals surface area contributed by atoms with Crippen LogP contribution in [0.2, 0.25) is 0 Å². The minimum Gasteiger partial charge on any atom is -0.350 e. The van der Waals surface area contributed by atoms with E-state index in [9.17, 15) is 4.79 Å². The molecule has 1 aliphatic rings. The highest BCUT2D eigenvalue weighted by Crippen LogP contribution is 2.31. The maximum Gasteiger partial charge on any atom is 0.238 e. The molecule has 3 nitrogen and oxygen atoms in total. The molecule has 0 spiro atoms. The zero-order valence-electron chi connectivity index (χ0n) is 13.8.